The zero-order chi connectivity index (χ0) is 11.5. The second-order valence-corrected chi connectivity index (χ2v) is 8.83. The summed E-state index contributed by atoms with van der Waals surface area (Å²) in [6.07, 6.45) is 0.864. The SMILES string of the molecule is CN1CC2(CC(C(C)(C)C)CS2(=O)=O)C1. The fourth-order valence-electron chi connectivity index (χ4n) is 2.90. The minimum absolute atomic E-state index is 0.116. The van der Waals surface area contributed by atoms with Crippen molar-refractivity contribution >= 4 is 9.84 Å². The lowest BCUT2D eigenvalue weighted by Crippen LogP contribution is -2.62. The molecule has 0 amide bonds. The number of sulfone groups is 1. The van der Waals surface area contributed by atoms with E-state index in [1.807, 2.05) is 7.05 Å². The molecule has 0 saturated carbocycles. The van der Waals surface area contributed by atoms with Crippen LogP contribution < -0.4 is 0 Å². The van der Waals surface area contributed by atoms with E-state index in [1.54, 1.807) is 0 Å². The maximum atomic E-state index is 12.1. The predicted octanol–water partition coefficient (Wildman–Crippen LogP) is 1.15. The van der Waals surface area contributed by atoms with Gasteiger partial charge in [0.25, 0.3) is 0 Å². The molecule has 4 heteroatoms. The van der Waals surface area contributed by atoms with Crippen molar-refractivity contribution in [2.75, 3.05) is 25.9 Å². The van der Waals surface area contributed by atoms with Crippen LogP contribution in [0.4, 0.5) is 0 Å². The highest BCUT2D eigenvalue weighted by molar-refractivity contribution is 7.93. The van der Waals surface area contributed by atoms with E-state index in [4.69, 9.17) is 0 Å². The van der Waals surface area contributed by atoms with E-state index in [0.717, 1.165) is 19.5 Å². The zero-order valence-corrected chi connectivity index (χ0v) is 10.9. The van der Waals surface area contributed by atoms with Gasteiger partial charge in [-0.1, -0.05) is 20.8 Å². The van der Waals surface area contributed by atoms with Gasteiger partial charge in [0.05, 0.1) is 10.5 Å². The molecule has 2 aliphatic heterocycles. The van der Waals surface area contributed by atoms with Crippen LogP contribution >= 0.6 is 0 Å². The van der Waals surface area contributed by atoms with Crippen molar-refractivity contribution in [3.05, 3.63) is 0 Å². The Bertz CT molecular complexity index is 361. The Morgan fingerprint density at radius 3 is 2.13 bits per heavy atom. The average molecular weight is 231 g/mol. The highest BCUT2D eigenvalue weighted by atomic mass is 32.2. The van der Waals surface area contributed by atoms with Crippen LogP contribution in [0.5, 0.6) is 0 Å². The summed E-state index contributed by atoms with van der Waals surface area (Å²) >= 11 is 0. The van der Waals surface area contributed by atoms with Crippen LogP contribution in [0.25, 0.3) is 0 Å². The van der Waals surface area contributed by atoms with Gasteiger partial charge in [-0.2, -0.15) is 0 Å². The number of hydrogen-bond donors (Lipinski definition) is 0. The van der Waals surface area contributed by atoms with Gasteiger partial charge in [-0.25, -0.2) is 8.42 Å². The Morgan fingerprint density at radius 2 is 1.80 bits per heavy atom. The van der Waals surface area contributed by atoms with E-state index in [1.165, 1.54) is 0 Å². The number of nitrogens with zero attached hydrogens (tertiary/aromatic N) is 1. The van der Waals surface area contributed by atoms with Crippen LogP contribution in [0.1, 0.15) is 27.2 Å². The lowest BCUT2D eigenvalue weighted by Gasteiger charge is -2.45. The predicted molar refractivity (Wildman–Crippen MR) is 61.6 cm³/mol. The first-order valence-electron chi connectivity index (χ1n) is 5.57. The molecule has 2 fully saturated rings. The lowest BCUT2D eigenvalue weighted by atomic mass is 9.75. The van der Waals surface area contributed by atoms with Gasteiger partial charge in [0.1, 0.15) is 0 Å². The molecular formula is C11H21NO2S. The maximum Gasteiger partial charge on any atom is 0.158 e. The molecule has 0 aromatic rings. The molecule has 2 heterocycles. The van der Waals surface area contributed by atoms with Crippen LogP contribution in [-0.2, 0) is 9.84 Å². The third-order valence-electron chi connectivity index (χ3n) is 4.04. The standard InChI is InChI=1S/C11H21NO2S/c1-10(2,3)9-5-11(7-12(4)8-11)15(13,14)6-9/h9H,5-8H2,1-4H3. The molecule has 2 aliphatic rings. The minimum Gasteiger partial charge on any atom is -0.303 e. The molecule has 2 rings (SSSR count). The smallest absolute Gasteiger partial charge is 0.158 e. The Hall–Kier alpha value is -0.0900. The van der Waals surface area contributed by atoms with Gasteiger partial charge in [0, 0.05) is 13.1 Å². The second kappa shape index (κ2) is 2.98. The molecule has 88 valence electrons. The Morgan fingerprint density at radius 1 is 1.27 bits per heavy atom. The molecule has 3 nitrogen and oxygen atoms in total. The van der Waals surface area contributed by atoms with Gasteiger partial charge < -0.3 is 4.90 Å². The van der Waals surface area contributed by atoms with Crippen molar-refractivity contribution < 1.29 is 8.42 Å². The molecule has 0 bridgehead atoms. The summed E-state index contributed by atoms with van der Waals surface area (Å²) in [7, 11) is -0.866. The summed E-state index contributed by atoms with van der Waals surface area (Å²) in [4.78, 5) is 2.10. The zero-order valence-electron chi connectivity index (χ0n) is 10.1. The quantitative estimate of drug-likeness (QED) is 0.627. The van der Waals surface area contributed by atoms with Gasteiger partial charge in [0.2, 0.25) is 0 Å². The summed E-state index contributed by atoms with van der Waals surface area (Å²) in [5.74, 6) is 0.723. The summed E-state index contributed by atoms with van der Waals surface area (Å²) in [6.45, 7) is 7.92. The Kier molecular flexibility index (Phi) is 2.26. The fourth-order valence-corrected chi connectivity index (χ4v) is 5.69. The van der Waals surface area contributed by atoms with E-state index in [2.05, 4.69) is 25.7 Å². The molecule has 0 N–H and O–H groups in total. The molecule has 1 spiro atoms. The first-order valence-corrected chi connectivity index (χ1v) is 7.22. The highest BCUT2D eigenvalue weighted by Crippen LogP contribution is 2.47. The first-order chi connectivity index (χ1) is 6.66. The maximum absolute atomic E-state index is 12.1. The van der Waals surface area contributed by atoms with Crippen molar-refractivity contribution in [3.8, 4) is 0 Å². The monoisotopic (exact) mass is 231 g/mol. The number of likely N-dealkylation sites (tertiary alicyclic amines) is 1. The second-order valence-electron chi connectivity index (χ2n) is 6.40. The molecule has 0 radical (unpaired) electrons. The third-order valence-corrected chi connectivity index (χ3v) is 6.63. The summed E-state index contributed by atoms with van der Waals surface area (Å²) < 4.78 is 23.9. The van der Waals surface area contributed by atoms with Crippen LogP contribution in [0.15, 0.2) is 0 Å². The van der Waals surface area contributed by atoms with Gasteiger partial charge in [-0.05, 0) is 24.8 Å². The van der Waals surface area contributed by atoms with Crippen LogP contribution in [0.3, 0.4) is 0 Å². The fraction of sp³-hybridized carbons (Fsp3) is 1.00. The Balaban J connectivity index is 2.24. The average Bonchev–Trinajstić information content (AvgIpc) is 2.21. The topological polar surface area (TPSA) is 37.4 Å². The molecule has 0 aromatic carbocycles. The molecule has 2 saturated heterocycles. The van der Waals surface area contributed by atoms with E-state index in [0.29, 0.717) is 11.7 Å². The van der Waals surface area contributed by atoms with Crippen LogP contribution in [-0.4, -0.2) is 44.0 Å². The van der Waals surface area contributed by atoms with Gasteiger partial charge in [-0.15, -0.1) is 0 Å². The van der Waals surface area contributed by atoms with E-state index in [9.17, 15) is 8.42 Å². The third kappa shape index (κ3) is 1.62. The summed E-state index contributed by atoms with van der Waals surface area (Å²) in [6, 6.07) is 0. The van der Waals surface area contributed by atoms with Gasteiger partial charge in [-0.3, -0.25) is 0 Å². The molecule has 15 heavy (non-hydrogen) atoms. The van der Waals surface area contributed by atoms with Crippen molar-refractivity contribution in [3.63, 3.8) is 0 Å². The van der Waals surface area contributed by atoms with Crippen molar-refractivity contribution in [1.29, 1.82) is 0 Å². The number of hydrogen-bond acceptors (Lipinski definition) is 3. The molecule has 1 unspecified atom stereocenters. The highest BCUT2D eigenvalue weighted by Gasteiger charge is 2.59. The van der Waals surface area contributed by atoms with Gasteiger partial charge >= 0.3 is 0 Å². The van der Waals surface area contributed by atoms with E-state index < -0.39 is 9.84 Å². The first kappa shape index (κ1) is 11.4. The molecule has 0 aromatic heterocycles. The minimum atomic E-state index is -2.86. The van der Waals surface area contributed by atoms with E-state index in [-0.39, 0.29) is 10.2 Å². The molecular weight excluding hydrogens is 210 g/mol. The molecule has 0 aliphatic carbocycles. The van der Waals surface area contributed by atoms with Crippen molar-refractivity contribution in [2.24, 2.45) is 11.3 Å². The Labute approximate surface area is 92.8 Å². The van der Waals surface area contributed by atoms with Gasteiger partial charge in [0.15, 0.2) is 9.84 Å². The van der Waals surface area contributed by atoms with Crippen LogP contribution in [0, 0.1) is 11.3 Å². The van der Waals surface area contributed by atoms with E-state index >= 15 is 0 Å². The lowest BCUT2D eigenvalue weighted by molar-refractivity contribution is 0.125. The number of rotatable bonds is 0. The van der Waals surface area contributed by atoms with Crippen molar-refractivity contribution in [1.82, 2.24) is 4.90 Å². The molecule has 1 atom stereocenters. The largest absolute Gasteiger partial charge is 0.303 e. The van der Waals surface area contributed by atoms with Crippen LogP contribution in [0.2, 0.25) is 0 Å². The summed E-state index contributed by atoms with van der Waals surface area (Å²) in [5.41, 5.74) is 0.116. The van der Waals surface area contributed by atoms with Crippen molar-refractivity contribution in [2.45, 2.75) is 31.9 Å². The normalized spacial score (nSPS) is 34.3. The summed E-state index contributed by atoms with van der Waals surface area (Å²) in [5, 5.41) is 0.